The molecular formula is C19H19ClN2O7S. The molecule has 160 valence electrons. The van der Waals surface area contributed by atoms with Gasteiger partial charge in [-0.2, -0.15) is 0 Å². The van der Waals surface area contributed by atoms with E-state index in [9.17, 15) is 19.2 Å². The average Bonchev–Trinajstić information content (AvgIpc) is 3.31. The normalized spacial score (nSPS) is 17.7. The standard InChI is InChI=1S/C19H19ClN2O7S/c1-28-13-7-11(6-12(20)17(13)29-10-16(24)25)8-14-18(26)22(19(27)30-14)9-15(23)21-4-2-3-5-21/h6-8H,2-5,9-10H2,1H3,(H,24,25)/b14-8-. The van der Waals surface area contributed by atoms with Crippen LogP contribution >= 0.6 is 23.4 Å². The summed E-state index contributed by atoms with van der Waals surface area (Å²) in [5.74, 6) is -1.74. The van der Waals surface area contributed by atoms with Crippen molar-refractivity contribution in [3.8, 4) is 11.5 Å². The highest BCUT2D eigenvalue weighted by Crippen LogP contribution is 2.39. The lowest BCUT2D eigenvalue weighted by Crippen LogP contribution is -2.40. The molecule has 0 aliphatic carbocycles. The molecule has 11 heteroatoms. The Morgan fingerprint density at radius 1 is 1.27 bits per heavy atom. The molecule has 0 bridgehead atoms. The molecule has 1 aromatic carbocycles. The minimum Gasteiger partial charge on any atom is -0.493 e. The third-order valence-corrected chi connectivity index (χ3v) is 5.70. The molecule has 0 radical (unpaired) electrons. The first-order chi connectivity index (χ1) is 14.3. The second kappa shape index (κ2) is 9.40. The first-order valence-corrected chi connectivity index (χ1v) is 10.2. The Kier molecular flexibility index (Phi) is 6.88. The van der Waals surface area contributed by atoms with Gasteiger partial charge in [-0.15, -0.1) is 0 Å². The number of imide groups is 1. The molecule has 2 saturated heterocycles. The predicted molar refractivity (Wildman–Crippen MR) is 110 cm³/mol. The lowest BCUT2D eigenvalue weighted by atomic mass is 10.1. The maximum Gasteiger partial charge on any atom is 0.341 e. The zero-order valence-electron chi connectivity index (χ0n) is 16.1. The van der Waals surface area contributed by atoms with Gasteiger partial charge in [-0.1, -0.05) is 11.6 Å². The summed E-state index contributed by atoms with van der Waals surface area (Å²) in [7, 11) is 1.36. The van der Waals surface area contributed by atoms with Crippen molar-refractivity contribution in [1.82, 2.24) is 9.80 Å². The van der Waals surface area contributed by atoms with Gasteiger partial charge in [0.2, 0.25) is 5.91 Å². The Hall–Kier alpha value is -2.72. The van der Waals surface area contributed by atoms with Gasteiger partial charge in [0.25, 0.3) is 11.1 Å². The maximum atomic E-state index is 12.6. The Morgan fingerprint density at radius 2 is 1.97 bits per heavy atom. The van der Waals surface area contributed by atoms with Crippen LogP contribution in [0, 0.1) is 0 Å². The molecule has 30 heavy (non-hydrogen) atoms. The minimum absolute atomic E-state index is 0.0584. The minimum atomic E-state index is -1.17. The zero-order valence-corrected chi connectivity index (χ0v) is 17.6. The molecule has 1 N–H and O–H groups in total. The number of methoxy groups -OCH3 is 1. The SMILES string of the molecule is COc1cc(/C=C2\SC(=O)N(CC(=O)N3CCCC3)C2=O)cc(Cl)c1OCC(=O)O. The van der Waals surface area contributed by atoms with E-state index >= 15 is 0 Å². The van der Waals surface area contributed by atoms with Crippen LogP contribution in [0.25, 0.3) is 6.08 Å². The number of carbonyl (C=O) groups is 4. The van der Waals surface area contributed by atoms with Crippen molar-refractivity contribution >= 4 is 52.5 Å². The van der Waals surface area contributed by atoms with Crippen LogP contribution in [0.5, 0.6) is 11.5 Å². The number of ether oxygens (including phenoxy) is 2. The van der Waals surface area contributed by atoms with E-state index in [0.29, 0.717) is 18.7 Å². The zero-order chi connectivity index (χ0) is 21.8. The highest BCUT2D eigenvalue weighted by Gasteiger charge is 2.37. The number of halogens is 1. The third-order valence-electron chi connectivity index (χ3n) is 4.52. The maximum absolute atomic E-state index is 12.6. The van der Waals surface area contributed by atoms with E-state index in [4.69, 9.17) is 26.2 Å². The lowest BCUT2D eigenvalue weighted by molar-refractivity contribution is -0.139. The smallest absolute Gasteiger partial charge is 0.341 e. The molecule has 0 saturated carbocycles. The monoisotopic (exact) mass is 454 g/mol. The van der Waals surface area contributed by atoms with E-state index in [1.54, 1.807) is 4.90 Å². The van der Waals surface area contributed by atoms with Crippen LogP contribution < -0.4 is 9.47 Å². The number of rotatable bonds is 7. The number of thioether (sulfide) groups is 1. The van der Waals surface area contributed by atoms with Gasteiger partial charge in [0, 0.05) is 13.1 Å². The van der Waals surface area contributed by atoms with Gasteiger partial charge in [-0.25, -0.2) is 4.79 Å². The Labute approximate surface area is 181 Å². The van der Waals surface area contributed by atoms with Crippen LogP contribution in [0.4, 0.5) is 4.79 Å². The van der Waals surface area contributed by atoms with Crippen LogP contribution in [0.3, 0.4) is 0 Å². The van der Waals surface area contributed by atoms with Crippen molar-refractivity contribution in [2.75, 3.05) is 33.4 Å². The molecule has 0 unspecified atom stereocenters. The predicted octanol–water partition coefficient (Wildman–Crippen LogP) is 2.47. The van der Waals surface area contributed by atoms with E-state index in [1.807, 2.05) is 0 Å². The lowest BCUT2D eigenvalue weighted by Gasteiger charge is -2.18. The fraction of sp³-hybridized carbons (Fsp3) is 0.368. The van der Waals surface area contributed by atoms with Gasteiger partial charge >= 0.3 is 5.97 Å². The first-order valence-electron chi connectivity index (χ1n) is 9.05. The van der Waals surface area contributed by atoms with Crippen molar-refractivity contribution < 1.29 is 33.8 Å². The summed E-state index contributed by atoms with van der Waals surface area (Å²) in [6, 6.07) is 2.97. The van der Waals surface area contributed by atoms with Gasteiger partial charge in [-0.05, 0) is 48.4 Å². The highest BCUT2D eigenvalue weighted by atomic mass is 35.5. The summed E-state index contributed by atoms with van der Waals surface area (Å²) >= 11 is 6.90. The van der Waals surface area contributed by atoms with Crippen LogP contribution in [0.15, 0.2) is 17.0 Å². The number of hydrogen-bond donors (Lipinski definition) is 1. The van der Waals surface area contributed by atoms with Gasteiger partial charge in [0.15, 0.2) is 18.1 Å². The van der Waals surface area contributed by atoms with Crippen LogP contribution in [0.2, 0.25) is 5.02 Å². The van der Waals surface area contributed by atoms with Crippen LogP contribution in [-0.4, -0.2) is 71.3 Å². The van der Waals surface area contributed by atoms with Gasteiger partial charge in [0.1, 0.15) is 6.54 Å². The Morgan fingerprint density at radius 3 is 2.60 bits per heavy atom. The number of carbonyl (C=O) groups excluding carboxylic acids is 3. The number of benzene rings is 1. The van der Waals surface area contributed by atoms with Gasteiger partial charge in [0.05, 0.1) is 17.0 Å². The summed E-state index contributed by atoms with van der Waals surface area (Å²) in [6.07, 6.45) is 3.30. The second-order valence-corrected chi connectivity index (χ2v) is 7.97. The summed E-state index contributed by atoms with van der Waals surface area (Å²) in [6.45, 7) is 0.395. The number of aliphatic carboxylic acids is 1. The number of nitrogens with zero attached hydrogens (tertiary/aromatic N) is 2. The molecule has 2 aliphatic rings. The van der Waals surface area contributed by atoms with Gasteiger partial charge in [-0.3, -0.25) is 19.3 Å². The third kappa shape index (κ3) is 4.88. The molecule has 9 nitrogen and oxygen atoms in total. The Balaban J connectivity index is 1.78. The van der Waals surface area contributed by atoms with Crippen molar-refractivity contribution in [3.63, 3.8) is 0 Å². The quantitative estimate of drug-likeness (QED) is 0.625. The van der Waals surface area contributed by atoms with E-state index in [0.717, 1.165) is 29.5 Å². The average molecular weight is 455 g/mol. The van der Waals surface area contributed by atoms with Crippen molar-refractivity contribution in [2.45, 2.75) is 12.8 Å². The second-order valence-electron chi connectivity index (χ2n) is 6.57. The molecule has 2 heterocycles. The number of amides is 3. The highest BCUT2D eigenvalue weighted by molar-refractivity contribution is 8.18. The summed E-state index contributed by atoms with van der Waals surface area (Å²) in [5.41, 5.74) is 0.455. The molecular weight excluding hydrogens is 436 g/mol. The molecule has 0 aromatic heterocycles. The summed E-state index contributed by atoms with van der Waals surface area (Å²) < 4.78 is 10.3. The summed E-state index contributed by atoms with van der Waals surface area (Å²) in [5, 5.41) is 8.33. The number of carboxylic acids is 1. The van der Waals surface area contributed by atoms with Crippen molar-refractivity contribution in [1.29, 1.82) is 0 Å². The number of likely N-dealkylation sites (tertiary alicyclic amines) is 1. The van der Waals surface area contributed by atoms with Gasteiger partial charge < -0.3 is 19.5 Å². The molecule has 2 aliphatic heterocycles. The van der Waals surface area contributed by atoms with Crippen LogP contribution in [0.1, 0.15) is 18.4 Å². The number of carboxylic acid groups (broad SMARTS) is 1. The largest absolute Gasteiger partial charge is 0.493 e. The Bertz CT molecular complexity index is 928. The van der Waals surface area contributed by atoms with E-state index in [1.165, 1.54) is 25.3 Å². The fourth-order valence-corrected chi connectivity index (χ4v) is 4.20. The van der Waals surface area contributed by atoms with Crippen molar-refractivity contribution in [3.05, 3.63) is 27.6 Å². The fourth-order valence-electron chi connectivity index (χ4n) is 3.09. The molecule has 3 rings (SSSR count). The topological polar surface area (TPSA) is 113 Å². The summed E-state index contributed by atoms with van der Waals surface area (Å²) in [4.78, 5) is 50.6. The van der Waals surface area contributed by atoms with E-state index in [-0.39, 0.29) is 33.9 Å². The van der Waals surface area contributed by atoms with Crippen molar-refractivity contribution in [2.24, 2.45) is 0 Å². The molecule has 2 fully saturated rings. The number of hydrogen-bond acceptors (Lipinski definition) is 7. The van der Waals surface area contributed by atoms with E-state index < -0.39 is 23.7 Å². The molecule has 1 aromatic rings. The first kappa shape index (κ1) is 22.0. The van der Waals surface area contributed by atoms with E-state index in [2.05, 4.69) is 0 Å². The molecule has 3 amide bonds. The van der Waals surface area contributed by atoms with Crippen LogP contribution in [-0.2, 0) is 14.4 Å². The molecule has 0 spiro atoms. The molecule has 0 atom stereocenters.